The Morgan fingerprint density at radius 2 is 1.90 bits per heavy atom. The average Bonchev–Trinajstić information content (AvgIpc) is 2.71. The van der Waals surface area contributed by atoms with E-state index in [2.05, 4.69) is 6.92 Å². The van der Waals surface area contributed by atoms with E-state index in [1.807, 2.05) is 13.0 Å². The van der Waals surface area contributed by atoms with Crippen LogP contribution in [-0.2, 0) is 0 Å². The molecule has 0 saturated carbocycles. The van der Waals surface area contributed by atoms with Gasteiger partial charge in [-0.05, 0) is 56.5 Å². The molecule has 0 saturated heterocycles. The minimum atomic E-state index is -0.579. The molecule has 1 N–H and O–H groups in total. The first-order valence-corrected chi connectivity index (χ1v) is 10.0. The fourth-order valence-corrected chi connectivity index (χ4v) is 3.17. The van der Waals surface area contributed by atoms with Crippen molar-refractivity contribution in [3.05, 3.63) is 56.9 Å². The number of pyridine rings is 1. The topological polar surface area (TPSA) is 92.3 Å². The number of benzene rings is 1. The summed E-state index contributed by atoms with van der Waals surface area (Å²) in [4.78, 5) is 25.7. The molecule has 1 aromatic carbocycles. The Morgan fingerprint density at radius 1 is 1.24 bits per heavy atom. The number of carbonyl (C=O) groups excluding carboxylic acids is 1. The molecule has 0 fully saturated rings. The van der Waals surface area contributed by atoms with Crippen molar-refractivity contribution in [1.29, 1.82) is 5.26 Å². The largest absolute Gasteiger partial charge is 0.494 e. The zero-order chi connectivity index (χ0) is 21.6. The monoisotopic (exact) mass is 396 g/mol. The molecule has 29 heavy (non-hydrogen) atoms. The molecular formula is C23H28N2O4. The van der Waals surface area contributed by atoms with Crippen LogP contribution in [0, 0.1) is 18.3 Å². The number of hydrogen-bond acceptors (Lipinski definition) is 5. The Bertz CT molecular complexity index is 968. The lowest BCUT2D eigenvalue weighted by molar-refractivity contribution is 0.103. The van der Waals surface area contributed by atoms with Gasteiger partial charge in [0.05, 0.1) is 12.2 Å². The van der Waals surface area contributed by atoms with Crippen LogP contribution in [0.5, 0.6) is 11.6 Å². The van der Waals surface area contributed by atoms with Crippen LogP contribution in [-0.4, -0.2) is 22.1 Å². The van der Waals surface area contributed by atoms with Crippen LogP contribution in [0.25, 0.3) is 0 Å². The molecule has 1 atom stereocenters. The van der Waals surface area contributed by atoms with Gasteiger partial charge in [0.1, 0.15) is 17.4 Å². The number of hydrogen-bond donors (Lipinski definition) is 1. The second kappa shape index (κ2) is 9.92. The molecule has 0 bridgehead atoms. The van der Waals surface area contributed by atoms with Crippen molar-refractivity contribution in [3.8, 4) is 17.7 Å². The highest BCUT2D eigenvalue weighted by Crippen LogP contribution is 2.28. The van der Waals surface area contributed by atoms with E-state index in [0.29, 0.717) is 24.3 Å². The average molecular weight is 396 g/mol. The highest BCUT2D eigenvalue weighted by Gasteiger charge is 2.26. The molecule has 0 aliphatic heterocycles. The summed E-state index contributed by atoms with van der Waals surface area (Å²) in [7, 11) is 0. The van der Waals surface area contributed by atoms with Crippen LogP contribution >= 0.6 is 0 Å². The van der Waals surface area contributed by atoms with Gasteiger partial charge in [-0.2, -0.15) is 5.26 Å². The first kappa shape index (κ1) is 22.2. The van der Waals surface area contributed by atoms with E-state index in [0.717, 1.165) is 23.8 Å². The fourth-order valence-electron chi connectivity index (χ4n) is 3.17. The molecule has 1 heterocycles. The number of ketones is 1. The fraction of sp³-hybridized carbons (Fsp3) is 0.435. The van der Waals surface area contributed by atoms with Gasteiger partial charge in [0.2, 0.25) is 5.88 Å². The molecule has 0 amide bonds. The molecule has 154 valence electrons. The maximum Gasteiger partial charge on any atom is 0.271 e. The van der Waals surface area contributed by atoms with Crippen molar-refractivity contribution in [3.63, 3.8) is 0 Å². The molecule has 0 aliphatic rings. The number of aromatic hydroxyl groups is 1. The summed E-state index contributed by atoms with van der Waals surface area (Å²) >= 11 is 0. The summed E-state index contributed by atoms with van der Waals surface area (Å²) < 4.78 is 6.79. The van der Waals surface area contributed by atoms with E-state index in [4.69, 9.17) is 4.74 Å². The third-order valence-corrected chi connectivity index (χ3v) is 5.14. The van der Waals surface area contributed by atoms with Gasteiger partial charge in [0.15, 0.2) is 5.78 Å². The first-order valence-electron chi connectivity index (χ1n) is 10.0. The summed E-state index contributed by atoms with van der Waals surface area (Å²) in [6.45, 7) is 7.88. The van der Waals surface area contributed by atoms with Gasteiger partial charge in [-0.25, -0.2) is 0 Å². The van der Waals surface area contributed by atoms with Gasteiger partial charge in [-0.3, -0.25) is 14.2 Å². The van der Waals surface area contributed by atoms with Gasteiger partial charge in [-0.15, -0.1) is 0 Å². The molecule has 1 unspecified atom stereocenters. The predicted octanol–water partition coefficient (Wildman–Crippen LogP) is 4.51. The van der Waals surface area contributed by atoms with E-state index in [9.17, 15) is 20.0 Å². The van der Waals surface area contributed by atoms with Gasteiger partial charge in [-0.1, -0.05) is 26.7 Å². The number of rotatable bonds is 9. The van der Waals surface area contributed by atoms with Crippen molar-refractivity contribution in [1.82, 2.24) is 4.57 Å². The van der Waals surface area contributed by atoms with Crippen molar-refractivity contribution in [2.45, 2.75) is 59.4 Å². The molecule has 0 spiro atoms. The smallest absolute Gasteiger partial charge is 0.271 e. The normalized spacial score (nSPS) is 11.7. The Kier molecular flexibility index (Phi) is 7.60. The summed E-state index contributed by atoms with van der Waals surface area (Å²) in [6.07, 6.45) is 3.75. The maximum absolute atomic E-state index is 13.1. The molecular weight excluding hydrogens is 368 g/mol. The van der Waals surface area contributed by atoms with E-state index in [1.165, 1.54) is 6.92 Å². The van der Waals surface area contributed by atoms with E-state index in [-0.39, 0.29) is 22.7 Å². The number of nitriles is 1. The van der Waals surface area contributed by atoms with Gasteiger partial charge in [0, 0.05) is 11.6 Å². The summed E-state index contributed by atoms with van der Waals surface area (Å²) in [6, 6.07) is 8.21. The second-order valence-corrected chi connectivity index (χ2v) is 7.15. The Labute approximate surface area is 171 Å². The first-order chi connectivity index (χ1) is 13.9. The minimum absolute atomic E-state index is 0.0157. The molecule has 6 heteroatoms. The summed E-state index contributed by atoms with van der Waals surface area (Å²) in [5.74, 6) is -0.169. The number of unbranched alkanes of at least 4 members (excludes halogenated alkanes) is 2. The lowest BCUT2D eigenvalue weighted by Gasteiger charge is -2.19. The third-order valence-electron chi connectivity index (χ3n) is 5.14. The molecule has 0 radical (unpaired) electrons. The van der Waals surface area contributed by atoms with E-state index in [1.54, 1.807) is 31.2 Å². The van der Waals surface area contributed by atoms with Crippen LogP contribution in [0.4, 0.5) is 0 Å². The quantitative estimate of drug-likeness (QED) is 0.497. The molecule has 2 rings (SSSR count). The highest BCUT2D eigenvalue weighted by molar-refractivity contribution is 6.11. The molecule has 6 nitrogen and oxygen atoms in total. The maximum atomic E-state index is 13.1. The Morgan fingerprint density at radius 3 is 2.45 bits per heavy atom. The van der Waals surface area contributed by atoms with Gasteiger partial charge >= 0.3 is 0 Å². The second-order valence-electron chi connectivity index (χ2n) is 7.15. The van der Waals surface area contributed by atoms with Crippen LogP contribution in [0.15, 0.2) is 29.1 Å². The van der Waals surface area contributed by atoms with Gasteiger partial charge in [0.25, 0.3) is 5.56 Å². The zero-order valence-corrected chi connectivity index (χ0v) is 17.5. The summed E-state index contributed by atoms with van der Waals surface area (Å²) in [5, 5.41) is 20.2. The van der Waals surface area contributed by atoms with Crippen molar-refractivity contribution in [2.24, 2.45) is 0 Å². The standard InChI is InChI=1S/C23H28N2O4/c1-5-7-8-13-29-18-11-9-17(10-12-18)21(26)20-16(4)19(14-24)22(27)25(23(20)28)15(3)6-2/h9-12,15,28H,5-8,13H2,1-4H3. The number of carbonyl (C=O) groups is 1. The Balaban J connectivity index is 2.42. The van der Waals surface area contributed by atoms with Crippen molar-refractivity contribution in [2.75, 3.05) is 6.61 Å². The van der Waals surface area contributed by atoms with Crippen molar-refractivity contribution >= 4 is 5.78 Å². The lowest BCUT2D eigenvalue weighted by atomic mass is 9.96. The highest BCUT2D eigenvalue weighted by atomic mass is 16.5. The van der Waals surface area contributed by atoms with Crippen LogP contribution < -0.4 is 10.3 Å². The SMILES string of the molecule is CCCCCOc1ccc(C(=O)c2c(C)c(C#N)c(=O)n(C(C)CC)c2O)cc1. The van der Waals surface area contributed by atoms with E-state index < -0.39 is 17.2 Å². The lowest BCUT2D eigenvalue weighted by Crippen LogP contribution is -2.28. The minimum Gasteiger partial charge on any atom is -0.494 e. The van der Waals surface area contributed by atoms with Crippen molar-refractivity contribution < 1.29 is 14.6 Å². The number of nitrogens with zero attached hydrogens (tertiary/aromatic N) is 2. The molecule has 0 aliphatic carbocycles. The summed E-state index contributed by atoms with van der Waals surface area (Å²) in [5.41, 5.74) is -0.174. The van der Waals surface area contributed by atoms with Crippen LogP contribution in [0.1, 0.15) is 79.5 Å². The van der Waals surface area contributed by atoms with E-state index >= 15 is 0 Å². The van der Waals surface area contributed by atoms with Crippen LogP contribution in [0.3, 0.4) is 0 Å². The number of ether oxygens (including phenoxy) is 1. The molecule has 2 aromatic rings. The van der Waals surface area contributed by atoms with Crippen LogP contribution in [0.2, 0.25) is 0 Å². The predicted molar refractivity (Wildman–Crippen MR) is 112 cm³/mol. The Hall–Kier alpha value is -3.07. The zero-order valence-electron chi connectivity index (χ0n) is 17.5. The van der Waals surface area contributed by atoms with Gasteiger partial charge < -0.3 is 9.84 Å². The third kappa shape index (κ3) is 4.68. The molecule has 1 aromatic heterocycles. The number of aromatic nitrogens is 1.